The van der Waals surface area contributed by atoms with E-state index in [9.17, 15) is 14.0 Å². The van der Waals surface area contributed by atoms with Gasteiger partial charge in [-0.15, -0.1) is 12.4 Å². The first-order chi connectivity index (χ1) is 11.6. The number of Topliss-reactive ketones (excluding diaryl/α,β-unsaturated/α-hetero) is 1. The average Bonchev–Trinajstić information content (AvgIpc) is 3.10. The number of nitrogens with two attached hydrogens (primary N) is 1. The number of hydrogen-bond donors (Lipinski definition) is 1. The zero-order chi connectivity index (χ0) is 17.1. The summed E-state index contributed by atoms with van der Waals surface area (Å²) >= 11 is 0. The third-order valence-corrected chi connectivity index (χ3v) is 4.88. The zero-order valence-electron chi connectivity index (χ0n) is 14.0. The summed E-state index contributed by atoms with van der Waals surface area (Å²) in [5, 5.41) is 0. The van der Waals surface area contributed by atoms with Crippen LogP contribution in [0.5, 0.6) is 0 Å². The van der Waals surface area contributed by atoms with E-state index in [0.29, 0.717) is 31.6 Å². The van der Waals surface area contributed by atoms with E-state index in [1.54, 1.807) is 4.90 Å². The van der Waals surface area contributed by atoms with Gasteiger partial charge in [-0.25, -0.2) is 4.39 Å². The van der Waals surface area contributed by atoms with E-state index in [2.05, 4.69) is 0 Å². The molecule has 138 valence electrons. The SMILES string of the molecule is Cl.NC[C@H]1CC[C@@H](C(=O)N2CCCC(C(=O)c3ccc(F)cc3)C2)O1. The second-order valence-electron chi connectivity index (χ2n) is 6.55. The van der Waals surface area contributed by atoms with Crippen molar-refractivity contribution in [1.29, 1.82) is 0 Å². The van der Waals surface area contributed by atoms with Gasteiger partial charge in [0.2, 0.25) is 0 Å². The van der Waals surface area contributed by atoms with Crippen molar-refractivity contribution in [3.05, 3.63) is 35.6 Å². The Morgan fingerprint density at radius 2 is 1.92 bits per heavy atom. The number of carbonyl (C=O) groups is 2. The van der Waals surface area contributed by atoms with Crippen molar-refractivity contribution in [3.63, 3.8) is 0 Å². The predicted molar refractivity (Wildman–Crippen MR) is 94.2 cm³/mol. The quantitative estimate of drug-likeness (QED) is 0.824. The topological polar surface area (TPSA) is 72.6 Å². The molecule has 1 aromatic rings. The van der Waals surface area contributed by atoms with Gasteiger partial charge in [0.05, 0.1) is 6.10 Å². The molecular formula is C18H24ClFN2O3. The van der Waals surface area contributed by atoms with E-state index in [0.717, 1.165) is 19.3 Å². The minimum Gasteiger partial charge on any atom is -0.364 e. The van der Waals surface area contributed by atoms with E-state index in [4.69, 9.17) is 10.5 Å². The van der Waals surface area contributed by atoms with Gasteiger partial charge in [0, 0.05) is 31.1 Å². The molecule has 2 saturated heterocycles. The van der Waals surface area contributed by atoms with Crippen LogP contribution in [-0.2, 0) is 9.53 Å². The number of halogens is 2. The summed E-state index contributed by atoms with van der Waals surface area (Å²) in [6.45, 7) is 1.48. The Bertz CT molecular complexity index is 611. The summed E-state index contributed by atoms with van der Waals surface area (Å²) in [5.74, 6) is -0.665. The van der Waals surface area contributed by atoms with Gasteiger partial charge in [-0.3, -0.25) is 9.59 Å². The van der Waals surface area contributed by atoms with E-state index in [-0.39, 0.29) is 41.9 Å². The minimum absolute atomic E-state index is 0. The van der Waals surface area contributed by atoms with Crippen molar-refractivity contribution >= 4 is 24.1 Å². The van der Waals surface area contributed by atoms with Gasteiger partial charge in [0.1, 0.15) is 11.9 Å². The lowest BCUT2D eigenvalue weighted by molar-refractivity contribution is -0.144. The third-order valence-electron chi connectivity index (χ3n) is 4.88. The molecule has 7 heteroatoms. The average molecular weight is 371 g/mol. The highest BCUT2D eigenvalue weighted by Gasteiger charge is 2.36. The number of nitrogens with zero attached hydrogens (tertiary/aromatic N) is 1. The fourth-order valence-electron chi connectivity index (χ4n) is 3.51. The van der Waals surface area contributed by atoms with Crippen LogP contribution >= 0.6 is 12.4 Å². The van der Waals surface area contributed by atoms with Crippen LogP contribution in [0.3, 0.4) is 0 Å². The molecule has 5 nitrogen and oxygen atoms in total. The molecule has 2 heterocycles. The Morgan fingerprint density at radius 1 is 1.20 bits per heavy atom. The predicted octanol–water partition coefficient (Wildman–Crippen LogP) is 2.18. The molecule has 0 saturated carbocycles. The lowest BCUT2D eigenvalue weighted by Gasteiger charge is -2.33. The smallest absolute Gasteiger partial charge is 0.251 e. The molecule has 2 aliphatic rings. The molecule has 0 aromatic heterocycles. The van der Waals surface area contributed by atoms with E-state index < -0.39 is 6.10 Å². The summed E-state index contributed by atoms with van der Waals surface area (Å²) in [4.78, 5) is 26.9. The number of likely N-dealkylation sites (tertiary alicyclic amines) is 1. The van der Waals surface area contributed by atoms with Crippen LogP contribution in [0.4, 0.5) is 4.39 Å². The maximum absolute atomic E-state index is 13.0. The van der Waals surface area contributed by atoms with Crippen molar-refractivity contribution in [3.8, 4) is 0 Å². The van der Waals surface area contributed by atoms with Gasteiger partial charge in [-0.2, -0.15) is 0 Å². The first kappa shape index (κ1) is 19.8. The van der Waals surface area contributed by atoms with Gasteiger partial charge in [-0.1, -0.05) is 0 Å². The lowest BCUT2D eigenvalue weighted by atomic mass is 9.89. The lowest BCUT2D eigenvalue weighted by Crippen LogP contribution is -2.46. The van der Waals surface area contributed by atoms with Gasteiger partial charge in [0.15, 0.2) is 5.78 Å². The van der Waals surface area contributed by atoms with Crippen LogP contribution in [-0.4, -0.2) is 48.4 Å². The Hall–Kier alpha value is -1.50. The highest BCUT2D eigenvalue weighted by Crippen LogP contribution is 2.25. The summed E-state index contributed by atoms with van der Waals surface area (Å²) in [5.41, 5.74) is 6.09. The van der Waals surface area contributed by atoms with Crippen molar-refractivity contribution in [2.45, 2.75) is 37.9 Å². The van der Waals surface area contributed by atoms with Crippen molar-refractivity contribution in [1.82, 2.24) is 4.90 Å². The summed E-state index contributed by atoms with van der Waals surface area (Å²) in [6, 6.07) is 5.59. The maximum atomic E-state index is 13.0. The second-order valence-corrected chi connectivity index (χ2v) is 6.55. The van der Waals surface area contributed by atoms with E-state index >= 15 is 0 Å². The molecule has 2 aliphatic heterocycles. The Morgan fingerprint density at radius 3 is 2.56 bits per heavy atom. The number of amides is 1. The van der Waals surface area contributed by atoms with Crippen molar-refractivity contribution < 1.29 is 18.7 Å². The molecule has 2 N–H and O–H groups in total. The van der Waals surface area contributed by atoms with Crippen LogP contribution in [0.15, 0.2) is 24.3 Å². The van der Waals surface area contributed by atoms with Gasteiger partial charge in [0.25, 0.3) is 5.91 Å². The van der Waals surface area contributed by atoms with Crippen LogP contribution in [0, 0.1) is 11.7 Å². The number of ether oxygens (including phenoxy) is 1. The van der Waals surface area contributed by atoms with Crippen LogP contribution < -0.4 is 5.73 Å². The molecule has 1 aromatic carbocycles. The zero-order valence-corrected chi connectivity index (χ0v) is 14.8. The molecule has 3 atom stereocenters. The Balaban J connectivity index is 0.00000225. The molecule has 1 amide bonds. The molecule has 1 unspecified atom stereocenters. The maximum Gasteiger partial charge on any atom is 0.251 e. The number of benzene rings is 1. The first-order valence-corrected chi connectivity index (χ1v) is 8.52. The standard InChI is InChI=1S/C18H23FN2O3.ClH/c19-14-5-3-12(4-6-14)17(22)13-2-1-9-21(11-13)18(23)16-8-7-15(10-20)24-16;/h3-6,13,15-16H,1-2,7-11,20H2;1H/t13?,15-,16+;/m1./s1. The minimum atomic E-state index is -0.432. The molecule has 25 heavy (non-hydrogen) atoms. The fourth-order valence-corrected chi connectivity index (χ4v) is 3.51. The molecule has 3 rings (SSSR count). The number of ketones is 1. The van der Waals surface area contributed by atoms with Crippen LogP contribution in [0.2, 0.25) is 0 Å². The Kier molecular flexibility index (Phi) is 6.93. The van der Waals surface area contributed by atoms with Crippen LogP contribution in [0.25, 0.3) is 0 Å². The normalized spacial score (nSPS) is 26.2. The Labute approximate surface area is 153 Å². The van der Waals surface area contributed by atoms with Gasteiger partial charge >= 0.3 is 0 Å². The molecule has 0 bridgehead atoms. The third kappa shape index (κ3) is 4.57. The molecule has 0 aliphatic carbocycles. The molecular weight excluding hydrogens is 347 g/mol. The highest BCUT2D eigenvalue weighted by molar-refractivity contribution is 5.98. The van der Waals surface area contributed by atoms with Gasteiger partial charge < -0.3 is 15.4 Å². The largest absolute Gasteiger partial charge is 0.364 e. The number of rotatable bonds is 4. The number of piperidine rings is 1. The van der Waals surface area contributed by atoms with Crippen molar-refractivity contribution in [2.24, 2.45) is 11.7 Å². The van der Waals surface area contributed by atoms with Gasteiger partial charge in [-0.05, 0) is 49.9 Å². The second kappa shape index (κ2) is 8.74. The van der Waals surface area contributed by atoms with Crippen LogP contribution in [0.1, 0.15) is 36.0 Å². The number of carbonyl (C=O) groups excluding carboxylic acids is 2. The van der Waals surface area contributed by atoms with Crippen molar-refractivity contribution in [2.75, 3.05) is 19.6 Å². The summed E-state index contributed by atoms with van der Waals surface area (Å²) in [7, 11) is 0. The molecule has 0 spiro atoms. The summed E-state index contributed by atoms with van der Waals surface area (Å²) in [6.07, 6.45) is 2.55. The van der Waals surface area contributed by atoms with E-state index in [1.807, 2.05) is 0 Å². The summed E-state index contributed by atoms with van der Waals surface area (Å²) < 4.78 is 18.7. The highest BCUT2D eigenvalue weighted by atomic mass is 35.5. The molecule has 2 fully saturated rings. The molecule has 0 radical (unpaired) electrons. The van der Waals surface area contributed by atoms with E-state index in [1.165, 1.54) is 24.3 Å². The number of hydrogen-bond acceptors (Lipinski definition) is 4. The monoisotopic (exact) mass is 370 g/mol. The fraction of sp³-hybridized carbons (Fsp3) is 0.556. The first-order valence-electron chi connectivity index (χ1n) is 8.52.